The van der Waals surface area contributed by atoms with Crippen LogP contribution < -0.4 is 5.43 Å². The number of amides is 1. The number of rotatable bonds is 2. The summed E-state index contributed by atoms with van der Waals surface area (Å²) in [5, 5.41) is 4.04. The van der Waals surface area contributed by atoms with Gasteiger partial charge in [0.15, 0.2) is 0 Å². The third kappa shape index (κ3) is 1.64. The molecule has 0 unspecified atom stereocenters. The normalized spacial score (nSPS) is 31.1. The van der Waals surface area contributed by atoms with Gasteiger partial charge in [0.25, 0.3) is 0 Å². The number of hydrogen-bond acceptors (Lipinski definition) is 3. The van der Waals surface area contributed by atoms with Crippen molar-refractivity contribution in [2.24, 2.45) is 16.9 Å². The first-order valence-electron chi connectivity index (χ1n) is 4.97. The Hall–Kier alpha value is -1.32. The fraction of sp³-hybridized carbons (Fsp3) is 0.600. The Morgan fingerprint density at radius 3 is 3.36 bits per heavy atom. The lowest BCUT2D eigenvalue weighted by Crippen LogP contribution is -2.35. The van der Waals surface area contributed by atoms with E-state index in [0.717, 1.165) is 18.6 Å². The smallest absolute Gasteiger partial charge is 0.427 e. The quantitative estimate of drug-likeness (QED) is 0.537. The van der Waals surface area contributed by atoms with Gasteiger partial charge in [-0.05, 0) is 25.7 Å². The summed E-state index contributed by atoms with van der Waals surface area (Å²) in [6.45, 7) is 2.15. The van der Waals surface area contributed by atoms with Gasteiger partial charge in [0.1, 0.15) is 0 Å². The molecule has 2 aliphatic rings. The number of fused-ring (bicyclic) bond motifs is 1. The average molecular weight is 194 g/mol. The first-order valence-corrected chi connectivity index (χ1v) is 4.97. The molecule has 1 N–H and O–H groups in total. The fourth-order valence-corrected chi connectivity index (χ4v) is 1.94. The summed E-state index contributed by atoms with van der Waals surface area (Å²) in [6.07, 6.45) is 5.99. The molecule has 2 atom stereocenters. The fourth-order valence-electron chi connectivity index (χ4n) is 1.94. The molecule has 1 saturated carbocycles. The van der Waals surface area contributed by atoms with Crippen LogP contribution in [0.3, 0.4) is 0 Å². The van der Waals surface area contributed by atoms with E-state index in [1.165, 1.54) is 0 Å². The van der Waals surface area contributed by atoms with Crippen LogP contribution in [0.25, 0.3) is 0 Å². The third-order valence-corrected chi connectivity index (χ3v) is 2.73. The summed E-state index contributed by atoms with van der Waals surface area (Å²) < 4.78 is 4.70. The van der Waals surface area contributed by atoms with Crippen LogP contribution in [-0.2, 0) is 4.74 Å². The van der Waals surface area contributed by atoms with Crippen molar-refractivity contribution in [2.45, 2.75) is 19.8 Å². The van der Waals surface area contributed by atoms with Crippen molar-refractivity contribution in [3.05, 3.63) is 12.2 Å². The summed E-state index contributed by atoms with van der Waals surface area (Å²) in [4.78, 5) is 10.9. The van der Waals surface area contributed by atoms with Crippen LogP contribution >= 0.6 is 0 Å². The number of nitrogens with one attached hydrogen (secondary N) is 1. The van der Waals surface area contributed by atoms with E-state index in [4.69, 9.17) is 4.74 Å². The number of nitrogens with zero attached hydrogens (tertiary/aromatic N) is 1. The van der Waals surface area contributed by atoms with Crippen molar-refractivity contribution < 1.29 is 9.53 Å². The monoisotopic (exact) mass is 194 g/mol. The minimum atomic E-state index is -0.464. The second-order valence-electron chi connectivity index (χ2n) is 3.57. The van der Waals surface area contributed by atoms with Crippen LogP contribution in [0.2, 0.25) is 0 Å². The second-order valence-corrected chi connectivity index (χ2v) is 3.57. The zero-order valence-corrected chi connectivity index (χ0v) is 8.19. The van der Waals surface area contributed by atoms with Crippen LogP contribution in [0.4, 0.5) is 4.79 Å². The summed E-state index contributed by atoms with van der Waals surface area (Å²) in [5.74, 6) is 1.20. The molecule has 0 spiro atoms. The number of allylic oxidation sites excluding steroid dienone is 2. The Balaban J connectivity index is 1.80. The van der Waals surface area contributed by atoms with Crippen molar-refractivity contribution in [2.75, 3.05) is 6.61 Å². The Morgan fingerprint density at radius 1 is 1.79 bits per heavy atom. The van der Waals surface area contributed by atoms with Gasteiger partial charge in [-0.3, -0.25) is 0 Å². The largest absolute Gasteiger partial charge is 0.449 e. The van der Waals surface area contributed by atoms with Crippen LogP contribution in [0.1, 0.15) is 19.8 Å². The molecule has 4 nitrogen and oxygen atoms in total. The van der Waals surface area contributed by atoms with Crippen molar-refractivity contribution in [1.29, 1.82) is 0 Å². The molecule has 2 rings (SSSR count). The number of hydrazone groups is 1. The van der Waals surface area contributed by atoms with Crippen molar-refractivity contribution in [1.82, 2.24) is 5.43 Å². The Kier molecular flexibility index (Phi) is 2.52. The molecule has 0 heterocycles. The van der Waals surface area contributed by atoms with E-state index in [-0.39, 0.29) is 0 Å². The number of carbonyl (C=O) groups is 1. The lowest BCUT2D eigenvalue weighted by molar-refractivity contribution is 0.152. The minimum absolute atomic E-state index is 0.379. The van der Waals surface area contributed by atoms with Gasteiger partial charge in [0.2, 0.25) is 0 Å². The van der Waals surface area contributed by atoms with Gasteiger partial charge in [0.05, 0.1) is 6.61 Å². The molecule has 0 saturated heterocycles. The number of ether oxygens (including phenoxy) is 1. The van der Waals surface area contributed by atoms with Crippen LogP contribution in [0.15, 0.2) is 17.3 Å². The van der Waals surface area contributed by atoms with Crippen molar-refractivity contribution >= 4 is 11.8 Å². The highest BCUT2D eigenvalue weighted by molar-refractivity contribution is 5.94. The molecule has 0 aromatic rings. The van der Waals surface area contributed by atoms with Gasteiger partial charge in [-0.1, -0.05) is 12.2 Å². The highest BCUT2D eigenvalue weighted by Gasteiger charge is 2.37. The molecular formula is C10H14N2O2. The predicted molar refractivity (Wildman–Crippen MR) is 52.9 cm³/mol. The predicted octanol–water partition coefficient (Wildman–Crippen LogP) is 1.68. The summed E-state index contributed by atoms with van der Waals surface area (Å²) >= 11 is 0. The molecular weight excluding hydrogens is 180 g/mol. The topological polar surface area (TPSA) is 50.7 Å². The highest BCUT2D eigenvalue weighted by atomic mass is 16.5. The minimum Gasteiger partial charge on any atom is -0.449 e. The van der Waals surface area contributed by atoms with Crippen LogP contribution in [-0.4, -0.2) is 18.4 Å². The van der Waals surface area contributed by atoms with E-state index in [1.54, 1.807) is 6.92 Å². The van der Waals surface area contributed by atoms with Gasteiger partial charge in [-0.15, -0.1) is 0 Å². The van der Waals surface area contributed by atoms with Crippen LogP contribution in [0, 0.1) is 11.8 Å². The molecule has 1 amide bonds. The lowest BCUT2D eigenvalue weighted by atomic mass is 9.74. The summed E-state index contributed by atoms with van der Waals surface area (Å²) in [5.41, 5.74) is 3.49. The first kappa shape index (κ1) is 9.24. The standard InChI is InChI=1S/C10H14N2O2/c1-2-14-10(13)12-11-9-6-7-4-3-5-8(7)9/h3-4,7-8H,2,5-6H2,1H3,(H,12,13)/b11-9+/t7-,8+/m1/s1. The van der Waals surface area contributed by atoms with Crippen molar-refractivity contribution in [3.8, 4) is 0 Å². The number of hydrogen-bond donors (Lipinski definition) is 1. The molecule has 14 heavy (non-hydrogen) atoms. The molecule has 0 aromatic carbocycles. The Labute approximate surface area is 83.0 Å². The Bertz CT molecular complexity index is 296. The lowest BCUT2D eigenvalue weighted by Gasteiger charge is -2.31. The SMILES string of the molecule is CCOC(=O)N/N=C1\C[C@H]2C=CC[C@H]12. The van der Waals surface area contributed by atoms with E-state index in [1.807, 2.05) is 0 Å². The Morgan fingerprint density at radius 2 is 2.64 bits per heavy atom. The molecule has 0 bridgehead atoms. The van der Waals surface area contributed by atoms with Crippen molar-refractivity contribution in [3.63, 3.8) is 0 Å². The van der Waals surface area contributed by atoms with E-state index in [2.05, 4.69) is 22.7 Å². The molecule has 4 heteroatoms. The summed E-state index contributed by atoms with van der Waals surface area (Å²) in [6, 6.07) is 0. The summed E-state index contributed by atoms with van der Waals surface area (Å²) in [7, 11) is 0. The number of carbonyl (C=O) groups excluding carboxylic acids is 1. The van der Waals surface area contributed by atoms with E-state index >= 15 is 0 Å². The molecule has 0 aromatic heterocycles. The van der Waals surface area contributed by atoms with E-state index < -0.39 is 6.09 Å². The van der Waals surface area contributed by atoms with Gasteiger partial charge in [-0.25, -0.2) is 10.2 Å². The second kappa shape index (κ2) is 3.82. The van der Waals surface area contributed by atoms with Gasteiger partial charge in [-0.2, -0.15) is 5.10 Å². The molecule has 0 aliphatic heterocycles. The van der Waals surface area contributed by atoms with E-state index in [9.17, 15) is 4.79 Å². The maximum absolute atomic E-state index is 10.9. The molecule has 0 radical (unpaired) electrons. The maximum atomic E-state index is 10.9. The average Bonchev–Trinajstić information content (AvgIpc) is 2.48. The van der Waals surface area contributed by atoms with E-state index in [0.29, 0.717) is 18.4 Å². The van der Waals surface area contributed by atoms with Crippen LogP contribution in [0.5, 0.6) is 0 Å². The third-order valence-electron chi connectivity index (χ3n) is 2.73. The zero-order chi connectivity index (χ0) is 9.97. The van der Waals surface area contributed by atoms with Gasteiger partial charge < -0.3 is 4.74 Å². The zero-order valence-electron chi connectivity index (χ0n) is 8.19. The maximum Gasteiger partial charge on any atom is 0.427 e. The molecule has 1 fully saturated rings. The highest BCUT2D eigenvalue weighted by Crippen LogP contribution is 2.39. The first-order chi connectivity index (χ1) is 6.81. The molecule has 76 valence electrons. The van der Waals surface area contributed by atoms with Gasteiger partial charge >= 0.3 is 6.09 Å². The molecule has 2 aliphatic carbocycles. The van der Waals surface area contributed by atoms with Gasteiger partial charge in [0, 0.05) is 11.6 Å².